The van der Waals surface area contributed by atoms with Gasteiger partial charge in [-0.3, -0.25) is 0 Å². The third-order valence-corrected chi connectivity index (χ3v) is 5.18. The molecular weight excluding hydrogens is 429 g/mol. The Bertz CT molecular complexity index is 895. The van der Waals surface area contributed by atoms with E-state index in [1.165, 1.54) is 0 Å². The van der Waals surface area contributed by atoms with Gasteiger partial charge >= 0.3 is 0 Å². The van der Waals surface area contributed by atoms with Gasteiger partial charge in [0, 0.05) is 23.3 Å². The lowest BCUT2D eigenvalue weighted by Crippen LogP contribution is -2.18. The molecule has 1 aromatic carbocycles. The average Bonchev–Trinajstić information content (AvgIpc) is 2.72. The zero-order valence-electron chi connectivity index (χ0n) is 15.9. The van der Waals surface area contributed by atoms with E-state index in [0.29, 0.717) is 21.9 Å². The molecule has 0 radical (unpaired) electrons. The van der Waals surface area contributed by atoms with Crippen molar-refractivity contribution in [2.45, 2.75) is 26.4 Å². The van der Waals surface area contributed by atoms with E-state index < -0.39 is 0 Å². The smallest absolute Gasteiger partial charge is 0.142 e. The van der Waals surface area contributed by atoms with Gasteiger partial charge in [0.1, 0.15) is 16.9 Å². The van der Waals surface area contributed by atoms with E-state index in [4.69, 9.17) is 39.6 Å². The molecule has 150 valence electrons. The van der Waals surface area contributed by atoms with Gasteiger partial charge in [-0.1, -0.05) is 64.2 Å². The van der Waals surface area contributed by atoms with Gasteiger partial charge in [0.05, 0.1) is 5.71 Å². The molecule has 0 saturated heterocycles. The van der Waals surface area contributed by atoms with Crippen molar-refractivity contribution < 1.29 is 4.84 Å². The molecule has 0 spiro atoms. The number of rotatable bonds is 8. The van der Waals surface area contributed by atoms with Crippen molar-refractivity contribution in [3.63, 3.8) is 0 Å². The SMILES string of the molecule is CC(=NOCc1ccc(Cl)cc1)C(Cc1ccc(Cl)nc1)Cc1ccc(Cl)nc1. The Morgan fingerprint density at radius 3 is 1.83 bits per heavy atom. The van der Waals surface area contributed by atoms with Crippen LogP contribution in [-0.2, 0) is 24.3 Å². The molecule has 0 aliphatic carbocycles. The highest BCUT2D eigenvalue weighted by molar-refractivity contribution is 6.30. The molecule has 0 atom stereocenters. The lowest BCUT2D eigenvalue weighted by atomic mass is 9.90. The number of nitrogens with zero attached hydrogens (tertiary/aromatic N) is 3. The first-order valence-electron chi connectivity index (χ1n) is 9.11. The second kappa shape index (κ2) is 10.6. The molecular formula is C22H20Cl3N3O. The van der Waals surface area contributed by atoms with Gasteiger partial charge in [-0.2, -0.15) is 0 Å². The molecule has 0 saturated carbocycles. The highest BCUT2D eigenvalue weighted by Gasteiger charge is 2.16. The lowest BCUT2D eigenvalue weighted by Gasteiger charge is -2.17. The van der Waals surface area contributed by atoms with Crippen LogP contribution in [0.15, 0.2) is 66.1 Å². The Hall–Kier alpha value is -2.14. The number of halogens is 3. The Morgan fingerprint density at radius 2 is 1.34 bits per heavy atom. The molecule has 3 rings (SSSR count). The second-order valence-electron chi connectivity index (χ2n) is 6.72. The van der Waals surface area contributed by atoms with E-state index in [1.54, 1.807) is 24.5 Å². The molecule has 7 heteroatoms. The molecule has 0 fully saturated rings. The predicted molar refractivity (Wildman–Crippen MR) is 119 cm³/mol. The Morgan fingerprint density at radius 1 is 0.828 bits per heavy atom. The number of hydrogen-bond donors (Lipinski definition) is 0. The highest BCUT2D eigenvalue weighted by Crippen LogP contribution is 2.19. The van der Waals surface area contributed by atoms with E-state index in [-0.39, 0.29) is 5.92 Å². The first-order chi connectivity index (χ1) is 14.0. The molecule has 3 aromatic rings. The van der Waals surface area contributed by atoms with Crippen molar-refractivity contribution in [3.8, 4) is 0 Å². The predicted octanol–water partition coefficient (Wildman–Crippen LogP) is 6.43. The van der Waals surface area contributed by atoms with Gasteiger partial charge < -0.3 is 4.84 Å². The highest BCUT2D eigenvalue weighted by atomic mass is 35.5. The summed E-state index contributed by atoms with van der Waals surface area (Å²) in [5.74, 6) is 0.117. The molecule has 2 aromatic heterocycles. The second-order valence-corrected chi connectivity index (χ2v) is 7.93. The summed E-state index contributed by atoms with van der Waals surface area (Å²) in [5.41, 5.74) is 4.05. The minimum absolute atomic E-state index is 0.117. The van der Waals surface area contributed by atoms with Crippen LogP contribution in [0.3, 0.4) is 0 Å². The first-order valence-corrected chi connectivity index (χ1v) is 10.2. The summed E-state index contributed by atoms with van der Waals surface area (Å²) in [6, 6.07) is 15.0. The van der Waals surface area contributed by atoms with Crippen LogP contribution in [0.25, 0.3) is 0 Å². The molecule has 4 nitrogen and oxygen atoms in total. The third-order valence-electron chi connectivity index (χ3n) is 4.49. The lowest BCUT2D eigenvalue weighted by molar-refractivity contribution is 0.128. The van der Waals surface area contributed by atoms with E-state index in [1.807, 2.05) is 43.3 Å². The van der Waals surface area contributed by atoms with Crippen LogP contribution < -0.4 is 0 Å². The minimum Gasteiger partial charge on any atom is -0.391 e. The summed E-state index contributed by atoms with van der Waals surface area (Å²) in [4.78, 5) is 13.9. The molecule has 2 heterocycles. The zero-order chi connectivity index (χ0) is 20.6. The minimum atomic E-state index is 0.117. The largest absolute Gasteiger partial charge is 0.391 e. The summed E-state index contributed by atoms with van der Waals surface area (Å²) in [6.07, 6.45) is 5.09. The first kappa shape index (κ1) is 21.6. The number of aromatic nitrogens is 2. The van der Waals surface area contributed by atoms with E-state index >= 15 is 0 Å². The molecule has 0 amide bonds. The van der Waals surface area contributed by atoms with Crippen LogP contribution in [0.5, 0.6) is 0 Å². The maximum absolute atomic E-state index is 5.92. The van der Waals surface area contributed by atoms with E-state index in [9.17, 15) is 0 Å². The van der Waals surface area contributed by atoms with Gasteiger partial charge in [0.25, 0.3) is 0 Å². The van der Waals surface area contributed by atoms with Crippen molar-refractivity contribution in [1.29, 1.82) is 0 Å². The van der Waals surface area contributed by atoms with Gasteiger partial charge in [0.15, 0.2) is 0 Å². The Balaban J connectivity index is 1.71. The maximum Gasteiger partial charge on any atom is 0.142 e. The fraction of sp³-hybridized carbons (Fsp3) is 0.227. The zero-order valence-corrected chi connectivity index (χ0v) is 18.1. The molecule has 0 aliphatic heterocycles. The van der Waals surface area contributed by atoms with Crippen molar-refractivity contribution >= 4 is 40.5 Å². The number of benzene rings is 1. The molecule has 0 aliphatic rings. The van der Waals surface area contributed by atoms with Crippen molar-refractivity contribution in [2.75, 3.05) is 0 Å². The summed E-state index contributed by atoms with van der Waals surface area (Å²) < 4.78 is 0. The van der Waals surface area contributed by atoms with Crippen LogP contribution in [0, 0.1) is 5.92 Å². The number of hydrogen-bond acceptors (Lipinski definition) is 4. The molecule has 29 heavy (non-hydrogen) atoms. The quantitative estimate of drug-likeness (QED) is 0.226. The monoisotopic (exact) mass is 447 g/mol. The van der Waals surface area contributed by atoms with Crippen LogP contribution in [0.2, 0.25) is 15.3 Å². The summed E-state index contributed by atoms with van der Waals surface area (Å²) in [7, 11) is 0. The third kappa shape index (κ3) is 7.00. The summed E-state index contributed by atoms with van der Waals surface area (Å²) in [6.45, 7) is 2.35. The summed E-state index contributed by atoms with van der Waals surface area (Å²) in [5, 5.41) is 6.01. The van der Waals surface area contributed by atoms with Gasteiger partial charge in [0.2, 0.25) is 0 Å². The Kier molecular flexibility index (Phi) is 7.87. The van der Waals surface area contributed by atoms with Crippen LogP contribution in [0.4, 0.5) is 0 Å². The van der Waals surface area contributed by atoms with Crippen molar-refractivity contribution in [2.24, 2.45) is 11.1 Å². The van der Waals surface area contributed by atoms with Crippen LogP contribution in [-0.4, -0.2) is 15.7 Å². The summed E-state index contributed by atoms with van der Waals surface area (Å²) >= 11 is 17.7. The molecule has 0 unspecified atom stereocenters. The number of pyridine rings is 2. The van der Waals surface area contributed by atoms with Crippen molar-refractivity contribution in [1.82, 2.24) is 9.97 Å². The van der Waals surface area contributed by atoms with E-state index in [0.717, 1.165) is 35.2 Å². The normalized spacial score (nSPS) is 11.7. The van der Waals surface area contributed by atoms with Crippen LogP contribution in [0.1, 0.15) is 23.6 Å². The topological polar surface area (TPSA) is 47.4 Å². The fourth-order valence-electron chi connectivity index (χ4n) is 2.85. The molecule has 0 bridgehead atoms. The van der Waals surface area contributed by atoms with Gasteiger partial charge in [-0.15, -0.1) is 0 Å². The van der Waals surface area contributed by atoms with Crippen LogP contribution >= 0.6 is 34.8 Å². The maximum atomic E-state index is 5.92. The number of oxime groups is 1. The van der Waals surface area contributed by atoms with Gasteiger partial charge in [-0.05, 0) is 60.7 Å². The fourth-order valence-corrected chi connectivity index (χ4v) is 3.20. The van der Waals surface area contributed by atoms with Crippen molar-refractivity contribution in [3.05, 3.63) is 92.9 Å². The van der Waals surface area contributed by atoms with E-state index in [2.05, 4.69) is 15.1 Å². The van der Waals surface area contributed by atoms with Gasteiger partial charge in [-0.25, -0.2) is 9.97 Å². The standard InChI is InChI=1S/C22H20Cl3N3O/c1-15(28-29-14-16-2-6-20(23)7-3-16)19(10-17-4-8-21(24)26-12-17)11-18-5-9-22(25)27-13-18/h2-9,12-13,19H,10-11,14H2,1H3. The Labute approximate surface area is 185 Å². The molecule has 0 N–H and O–H groups in total. The average molecular weight is 449 g/mol.